The zero-order valence-corrected chi connectivity index (χ0v) is 19.3. The molecule has 0 aliphatic rings. The highest BCUT2D eigenvalue weighted by Crippen LogP contribution is 2.19. The number of halogens is 1. The molecule has 2 aromatic rings. The molecule has 0 bridgehead atoms. The molecule has 1 heterocycles. The Labute approximate surface area is 177 Å². The molecule has 0 unspecified atom stereocenters. The van der Waals surface area contributed by atoms with Gasteiger partial charge in [0.15, 0.2) is 5.96 Å². The lowest BCUT2D eigenvalue weighted by Gasteiger charge is -2.13. The van der Waals surface area contributed by atoms with Crippen molar-refractivity contribution in [1.82, 2.24) is 15.6 Å². The molecule has 1 aromatic heterocycles. The van der Waals surface area contributed by atoms with Gasteiger partial charge in [-0.1, -0.05) is 12.1 Å². The van der Waals surface area contributed by atoms with E-state index in [4.69, 9.17) is 4.74 Å². The van der Waals surface area contributed by atoms with Gasteiger partial charge in [0.1, 0.15) is 5.75 Å². The van der Waals surface area contributed by atoms with Gasteiger partial charge in [0.05, 0.1) is 17.3 Å². The van der Waals surface area contributed by atoms with Crippen LogP contribution in [0.15, 0.2) is 23.2 Å². The van der Waals surface area contributed by atoms with E-state index in [0.717, 1.165) is 42.5 Å². The minimum Gasteiger partial charge on any atom is -0.494 e. The van der Waals surface area contributed by atoms with Gasteiger partial charge >= 0.3 is 0 Å². The molecular weight excluding hydrogens is 459 g/mol. The normalized spacial score (nSPS) is 11.0. The van der Waals surface area contributed by atoms with Gasteiger partial charge in [-0.15, -0.1) is 35.3 Å². The first-order valence-electron chi connectivity index (χ1n) is 8.63. The number of hydrogen-bond acceptors (Lipinski definition) is 4. The van der Waals surface area contributed by atoms with Crippen molar-refractivity contribution in [1.29, 1.82) is 0 Å². The molecule has 1 aromatic carbocycles. The lowest BCUT2D eigenvalue weighted by atomic mass is 10.1. The molecule has 2 N–H and O–H groups in total. The van der Waals surface area contributed by atoms with Gasteiger partial charge in [-0.25, -0.2) is 4.98 Å². The summed E-state index contributed by atoms with van der Waals surface area (Å²) in [5.41, 5.74) is 3.49. The van der Waals surface area contributed by atoms with Crippen LogP contribution in [0.4, 0.5) is 0 Å². The number of aromatic nitrogens is 1. The number of ether oxygens (including phenoxy) is 1. The minimum atomic E-state index is 0. The Morgan fingerprint density at radius 2 is 2.00 bits per heavy atom. The Balaban J connectivity index is 0.00000338. The Kier molecular flexibility index (Phi) is 9.93. The Bertz CT molecular complexity index is 711. The Morgan fingerprint density at radius 1 is 1.23 bits per heavy atom. The molecule has 5 nitrogen and oxygen atoms in total. The van der Waals surface area contributed by atoms with Gasteiger partial charge in [-0.2, -0.15) is 0 Å². The van der Waals surface area contributed by atoms with Gasteiger partial charge < -0.3 is 15.4 Å². The third-order valence-corrected chi connectivity index (χ3v) is 5.06. The summed E-state index contributed by atoms with van der Waals surface area (Å²) in [5, 5.41) is 7.86. The highest BCUT2D eigenvalue weighted by molar-refractivity contribution is 14.0. The predicted molar refractivity (Wildman–Crippen MR) is 121 cm³/mol. The van der Waals surface area contributed by atoms with E-state index in [1.807, 2.05) is 13.0 Å². The van der Waals surface area contributed by atoms with Crippen molar-refractivity contribution in [3.63, 3.8) is 0 Å². The molecule has 7 heteroatoms. The van der Waals surface area contributed by atoms with Crippen molar-refractivity contribution >= 4 is 41.3 Å². The summed E-state index contributed by atoms with van der Waals surface area (Å²) in [7, 11) is 1.79. The van der Waals surface area contributed by atoms with Crippen LogP contribution in [-0.2, 0) is 13.0 Å². The Hall–Kier alpha value is -1.35. The molecule has 2 rings (SSSR count). The molecule has 0 amide bonds. The van der Waals surface area contributed by atoms with Crippen LogP contribution >= 0.6 is 35.3 Å². The van der Waals surface area contributed by atoms with Gasteiger partial charge in [-0.3, -0.25) is 4.99 Å². The first-order chi connectivity index (χ1) is 12.0. The summed E-state index contributed by atoms with van der Waals surface area (Å²) in [6.45, 7) is 10.5. The molecule has 0 aliphatic carbocycles. The summed E-state index contributed by atoms with van der Waals surface area (Å²) < 4.78 is 5.58. The second-order valence-corrected chi connectivity index (χ2v) is 7.17. The molecule has 0 aliphatic heterocycles. The number of guanidine groups is 1. The summed E-state index contributed by atoms with van der Waals surface area (Å²) in [5.74, 6) is 1.75. The summed E-state index contributed by atoms with van der Waals surface area (Å²) in [6, 6.07) is 6.25. The zero-order valence-electron chi connectivity index (χ0n) is 16.2. The van der Waals surface area contributed by atoms with Gasteiger partial charge in [0, 0.05) is 31.4 Å². The maximum Gasteiger partial charge on any atom is 0.191 e. The average Bonchev–Trinajstić information content (AvgIpc) is 2.91. The van der Waals surface area contributed by atoms with Crippen LogP contribution in [0.3, 0.4) is 0 Å². The van der Waals surface area contributed by atoms with E-state index in [-0.39, 0.29) is 24.0 Å². The van der Waals surface area contributed by atoms with Gasteiger partial charge in [0.25, 0.3) is 0 Å². The number of aryl methyl sites for hydroxylation is 3. The van der Waals surface area contributed by atoms with E-state index in [9.17, 15) is 0 Å². The molecule has 26 heavy (non-hydrogen) atoms. The van der Waals surface area contributed by atoms with Crippen molar-refractivity contribution in [3.8, 4) is 5.75 Å². The standard InChI is InChI=1S/C19H28N4OS.HI/c1-6-24-17-8-7-16(11-13(17)2)12-22-19(20-5)21-10-9-18-23-14(3)15(4)25-18;/h7-8,11H,6,9-10,12H2,1-5H3,(H2,20,21,22);1H. The van der Waals surface area contributed by atoms with Crippen molar-refractivity contribution in [2.24, 2.45) is 4.99 Å². The summed E-state index contributed by atoms with van der Waals surface area (Å²) >= 11 is 1.77. The molecular formula is C19H29IN4OS. The highest BCUT2D eigenvalue weighted by atomic mass is 127. The van der Waals surface area contributed by atoms with E-state index in [0.29, 0.717) is 6.61 Å². The lowest BCUT2D eigenvalue weighted by Crippen LogP contribution is -2.37. The van der Waals surface area contributed by atoms with E-state index >= 15 is 0 Å². The second kappa shape index (κ2) is 11.4. The number of benzene rings is 1. The van der Waals surface area contributed by atoms with Crippen molar-refractivity contribution < 1.29 is 4.74 Å². The summed E-state index contributed by atoms with van der Waals surface area (Å²) in [6.07, 6.45) is 0.905. The second-order valence-electron chi connectivity index (χ2n) is 5.88. The number of nitrogens with zero attached hydrogens (tertiary/aromatic N) is 2. The highest BCUT2D eigenvalue weighted by Gasteiger charge is 2.05. The molecule has 0 saturated heterocycles. The fourth-order valence-corrected chi connectivity index (χ4v) is 3.41. The van der Waals surface area contributed by atoms with Gasteiger partial charge in [-0.05, 0) is 44.9 Å². The van der Waals surface area contributed by atoms with Crippen LogP contribution in [0.5, 0.6) is 5.75 Å². The number of rotatable bonds is 7. The fourth-order valence-electron chi connectivity index (χ4n) is 2.48. The third kappa shape index (κ3) is 6.75. The number of nitrogens with one attached hydrogen (secondary N) is 2. The van der Waals surface area contributed by atoms with Crippen molar-refractivity contribution in [2.45, 2.75) is 40.7 Å². The smallest absolute Gasteiger partial charge is 0.191 e. The maximum absolute atomic E-state index is 5.58. The van der Waals surface area contributed by atoms with Crippen LogP contribution in [0.25, 0.3) is 0 Å². The van der Waals surface area contributed by atoms with E-state index in [1.165, 1.54) is 15.4 Å². The van der Waals surface area contributed by atoms with Crippen LogP contribution in [0, 0.1) is 20.8 Å². The zero-order chi connectivity index (χ0) is 18.2. The average molecular weight is 488 g/mol. The minimum absolute atomic E-state index is 0. The van der Waals surface area contributed by atoms with Crippen LogP contribution in [-0.4, -0.2) is 31.1 Å². The van der Waals surface area contributed by atoms with E-state index in [1.54, 1.807) is 18.4 Å². The van der Waals surface area contributed by atoms with E-state index < -0.39 is 0 Å². The monoisotopic (exact) mass is 488 g/mol. The first-order valence-corrected chi connectivity index (χ1v) is 9.44. The molecule has 0 saturated carbocycles. The largest absolute Gasteiger partial charge is 0.494 e. The van der Waals surface area contributed by atoms with Gasteiger partial charge in [0.2, 0.25) is 0 Å². The molecule has 0 spiro atoms. The van der Waals surface area contributed by atoms with Crippen molar-refractivity contribution in [3.05, 3.63) is 44.9 Å². The topological polar surface area (TPSA) is 58.5 Å². The number of aliphatic imine (C=N–C) groups is 1. The van der Waals surface area contributed by atoms with Crippen molar-refractivity contribution in [2.75, 3.05) is 20.2 Å². The predicted octanol–water partition coefficient (Wildman–Crippen LogP) is 3.99. The first kappa shape index (κ1) is 22.7. The summed E-state index contributed by atoms with van der Waals surface area (Å²) in [4.78, 5) is 10.1. The molecule has 144 valence electrons. The van der Waals surface area contributed by atoms with Crippen LogP contribution < -0.4 is 15.4 Å². The maximum atomic E-state index is 5.58. The van der Waals surface area contributed by atoms with Crippen LogP contribution in [0.2, 0.25) is 0 Å². The lowest BCUT2D eigenvalue weighted by molar-refractivity contribution is 0.338. The quantitative estimate of drug-likeness (QED) is 0.352. The molecule has 0 fully saturated rings. The number of thiazole rings is 1. The van der Waals surface area contributed by atoms with Crippen LogP contribution in [0.1, 0.15) is 33.6 Å². The Morgan fingerprint density at radius 3 is 2.58 bits per heavy atom. The molecule has 0 radical (unpaired) electrons. The fraction of sp³-hybridized carbons (Fsp3) is 0.474. The molecule has 0 atom stereocenters. The van der Waals surface area contributed by atoms with E-state index in [2.05, 4.69) is 53.5 Å². The number of hydrogen-bond donors (Lipinski definition) is 2. The third-order valence-electron chi connectivity index (χ3n) is 3.93. The SMILES string of the molecule is CCOc1ccc(CNC(=NC)NCCc2nc(C)c(C)s2)cc1C.I.